The number of halogens is 1. The highest BCUT2D eigenvalue weighted by atomic mass is 32.1. The van der Waals surface area contributed by atoms with E-state index in [4.69, 9.17) is 15.7 Å². The molecule has 4 aromatic rings. The van der Waals surface area contributed by atoms with Crippen LogP contribution in [-0.2, 0) is 0 Å². The Bertz CT molecular complexity index is 1290. The molecule has 5 rings (SSSR count). The van der Waals surface area contributed by atoms with Gasteiger partial charge in [-0.3, -0.25) is 4.57 Å². The van der Waals surface area contributed by atoms with Crippen molar-refractivity contribution in [1.82, 2.24) is 29.7 Å². The van der Waals surface area contributed by atoms with Crippen molar-refractivity contribution < 1.29 is 4.39 Å². The molecule has 0 unspecified atom stereocenters. The summed E-state index contributed by atoms with van der Waals surface area (Å²) in [4.78, 5) is 17.4. The van der Waals surface area contributed by atoms with Crippen LogP contribution in [0.4, 0.5) is 15.3 Å². The number of nitrogens with two attached hydrogens (primary N) is 1. The summed E-state index contributed by atoms with van der Waals surface area (Å²) in [6.07, 6.45) is 2.59. The second kappa shape index (κ2) is 7.63. The molecule has 10 heteroatoms. The molecule has 0 radical (unpaired) electrons. The number of aryl methyl sites for hydroxylation is 1. The minimum Gasteiger partial charge on any atom is -0.375 e. The minimum atomic E-state index is -0.303. The van der Waals surface area contributed by atoms with Gasteiger partial charge in [0, 0.05) is 11.6 Å². The van der Waals surface area contributed by atoms with Gasteiger partial charge in [-0.1, -0.05) is 18.3 Å². The molecule has 0 bridgehead atoms. The summed E-state index contributed by atoms with van der Waals surface area (Å²) < 4.78 is 15.5. The zero-order valence-electron chi connectivity index (χ0n) is 18.2. The maximum atomic E-state index is 13.5. The first-order valence-corrected chi connectivity index (χ1v) is 11.3. The standard InChI is InChI=1S/C22H23FN8S/c1-5-15-20-29-25-10-30(20)17-12(4)26-19(28-21(17)31(15)11(2)3)18-16(27-22(24)32-18)13-6-8-14(23)9-7-13/h6-11,15H,5H2,1-4H3,(H2,24,27)/t15-/m1/s1. The van der Waals surface area contributed by atoms with Crippen molar-refractivity contribution in [2.75, 3.05) is 10.6 Å². The third-order valence-corrected chi connectivity index (χ3v) is 6.52. The zero-order chi connectivity index (χ0) is 22.6. The smallest absolute Gasteiger partial charge is 0.181 e. The van der Waals surface area contributed by atoms with E-state index in [-0.39, 0.29) is 17.9 Å². The van der Waals surface area contributed by atoms with E-state index in [0.717, 1.165) is 39.9 Å². The van der Waals surface area contributed by atoms with Gasteiger partial charge < -0.3 is 10.6 Å². The van der Waals surface area contributed by atoms with E-state index in [1.54, 1.807) is 18.5 Å². The zero-order valence-corrected chi connectivity index (χ0v) is 19.1. The van der Waals surface area contributed by atoms with Crippen LogP contribution >= 0.6 is 11.3 Å². The molecule has 0 aliphatic carbocycles. The first-order valence-electron chi connectivity index (χ1n) is 10.5. The molecule has 8 nitrogen and oxygen atoms in total. The molecule has 0 saturated carbocycles. The van der Waals surface area contributed by atoms with Gasteiger partial charge in [0.2, 0.25) is 0 Å². The first-order chi connectivity index (χ1) is 15.4. The van der Waals surface area contributed by atoms with Crippen LogP contribution in [0.3, 0.4) is 0 Å². The molecule has 2 N–H and O–H groups in total. The number of nitrogens with zero attached hydrogens (tertiary/aromatic N) is 7. The van der Waals surface area contributed by atoms with Crippen molar-refractivity contribution in [3.8, 4) is 27.6 Å². The van der Waals surface area contributed by atoms with Crippen molar-refractivity contribution in [3.63, 3.8) is 0 Å². The number of benzene rings is 1. The second-order valence-corrected chi connectivity index (χ2v) is 9.06. The fraction of sp³-hybridized carbons (Fsp3) is 0.318. The maximum Gasteiger partial charge on any atom is 0.181 e. The number of thiazole rings is 1. The van der Waals surface area contributed by atoms with Crippen LogP contribution in [-0.4, -0.2) is 35.8 Å². The van der Waals surface area contributed by atoms with E-state index in [9.17, 15) is 4.39 Å². The van der Waals surface area contributed by atoms with Crippen LogP contribution in [0.5, 0.6) is 0 Å². The molecular weight excluding hydrogens is 427 g/mol. The number of hydrogen-bond donors (Lipinski definition) is 1. The second-order valence-electron chi connectivity index (χ2n) is 8.03. The van der Waals surface area contributed by atoms with E-state index >= 15 is 0 Å². The monoisotopic (exact) mass is 450 g/mol. The van der Waals surface area contributed by atoms with E-state index in [1.165, 1.54) is 23.5 Å². The van der Waals surface area contributed by atoms with Gasteiger partial charge in [0.25, 0.3) is 0 Å². The molecule has 1 aliphatic rings. The van der Waals surface area contributed by atoms with Gasteiger partial charge in [0.15, 0.2) is 22.6 Å². The lowest BCUT2D eigenvalue weighted by Crippen LogP contribution is -2.40. The van der Waals surface area contributed by atoms with Gasteiger partial charge in [0.05, 0.1) is 17.4 Å². The summed E-state index contributed by atoms with van der Waals surface area (Å²) in [5.74, 6) is 1.97. The first kappa shape index (κ1) is 20.5. The predicted molar refractivity (Wildman–Crippen MR) is 123 cm³/mol. The van der Waals surface area contributed by atoms with Crippen LogP contribution < -0.4 is 10.6 Å². The van der Waals surface area contributed by atoms with Gasteiger partial charge in [-0.25, -0.2) is 19.3 Å². The summed E-state index contributed by atoms with van der Waals surface area (Å²) in [6.45, 7) is 8.38. The largest absolute Gasteiger partial charge is 0.375 e. The highest BCUT2D eigenvalue weighted by molar-refractivity contribution is 7.19. The Morgan fingerprint density at radius 1 is 1.16 bits per heavy atom. The summed E-state index contributed by atoms with van der Waals surface area (Å²) >= 11 is 1.33. The number of anilines is 2. The highest BCUT2D eigenvalue weighted by Crippen LogP contribution is 2.43. The average Bonchev–Trinajstić information content (AvgIpc) is 3.39. The number of nitrogen functional groups attached to an aromatic ring is 1. The number of aromatic nitrogens is 6. The normalized spacial score (nSPS) is 15.2. The molecule has 4 heterocycles. The third kappa shape index (κ3) is 3.13. The molecule has 0 fully saturated rings. The van der Waals surface area contributed by atoms with Crippen molar-refractivity contribution in [1.29, 1.82) is 0 Å². The quantitative estimate of drug-likeness (QED) is 0.487. The van der Waals surface area contributed by atoms with E-state index in [0.29, 0.717) is 16.6 Å². The average molecular weight is 451 g/mol. The molecule has 164 valence electrons. The Balaban J connectivity index is 1.73. The van der Waals surface area contributed by atoms with Crippen LogP contribution in [0, 0.1) is 12.7 Å². The van der Waals surface area contributed by atoms with Crippen LogP contribution in [0.25, 0.3) is 27.6 Å². The minimum absolute atomic E-state index is 0.0512. The number of fused-ring (bicyclic) bond motifs is 3. The molecule has 32 heavy (non-hydrogen) atoms. The Hall–Kier alpha value is -3.40. The summed E-state index contributed by atoms with van der Waals surface area (Å²) in [7, 11) is 0. The van der Waals surface area contributed by atoms with E-state index in [2.05, 4.69) is 40.9 Å². The molecule has 0 spiro atoms. The predicted octanol–water partition coefficient (Wildman–Crippen LogP) is 4.56. The number of hydrogen-bond acceptors (Lipinski definition) is 8. The van der Waals surface area contributed by atoms with Gasteiger partial charge >= 0.3 is 0 Å². The van der Waals surface area contributed by atoms with Gasteiger partial charge in [0.1, 0.15) is 22.7 Å². The highest BCUT2D eigenvalue weighted by Gasteiger charge is 2.36. The lowest BCUT2D eigenvalue weighted by molar-refractivity contribution is 0.497. The SMILES string of the molecule is CC[C@@H]1c2nncn2-c2c(C)nc(-c3sc(N)nc3-c3ccc(F)cc3)nc2N1C(C)C. The molecule has 1 aromatic carbocycles. The van der Waals surface area contributed by atoms with Gasteiger partial charge in [-0.05, 0) is 51.5 Å². The molecule has 1 atom stereocenters. The Morgan fingerprint density at radius 2 is 1.91 bits per heavy atom. The fourth-order valence-corrected chi connectivity index (χ4v) is 5.10. The molecule has 3 aromatic heterocycles. The third-order valence-electron chi connectivity index (χ3n) is 5.64. The Morgan fingerprint density at radius 3 is 2.59 bits per heavy atom. The Labute approximate surface area is 189 Å². The van der Waals surface area contributed by atoms with Crippen molar-refractivity contribution in [2.45, 2.75) is 46.2 Å². The lowest BCUT2D eigenvalue weighted by Gasteiger charge is -2.40. The van der Waals surface area contributed by atoms with Gasteiger partial charge in [-0.2, -0.15) is 0 Å². The molecule has 1 aliphatic heterocycles. The summed E-state index contributed by atoms with van der Waals surface area (Å²) in [5.41, 5.74) is 9.18. The lowest BCUT2D eigenvalue weighted by atomic mass is 10.1. The molecular formula is C22H23FN8S. The maximum absolute atomic E-state index is 13.5. The topological polar surface area (TPSA) is 98.6 Å². The summed E-state index contributed by atoms with van der Waals surface area (Å²) in [5, 5.41) is 8.95. The van der Waals surface area contributed by atoms with Crippen LogP contribution in [0.2, 0.25) is 0 Å². The van der Waals surface area contributed by atoms with Crippen LogP contribution in [0.15, 0.2) is 30.6 Å². The number of rotatable bonds is 4. The summed E-state index contributed by atoms with van der Waals surface area (Å²) in [6, 6.07) is 6.44. The van der Waals surface area contributed by atoms with Crippen molar-refractivity contribution in [3.05, 3.63) is 47.9 Å². The van der Waals surface area contributed by atoms with E-state index < -0.39 is 0 Å². The molecule has 0 saturated heterocycles. The van der Waals surface area contributed by atoms with Crippen molar-refractivity contribution in [2.24, 2.45) is 0 Å². The van der Waals surface area contributed by atoms with Crippen LogP contribution in [0.1, 0.15) is 44.8 Å². The fourth-order valence-electron chi connectivity index (χ4n) is 4.31. The van der Waals surface area contributed by atoms with Crippen molar-refractivity contribution >= 4 is 22.3 Å². The van der Waals surface area contributed by atoms with E-state index in [1.807, 2.05) is 11.5 Å². The van der Waals surface area contributed by atoms with Gasteiger partial charge in [-0.15, -0.1) is 10.2 Å². The Kier molecular flexibility index (Phi) is 4.89. The molecule has 0 amide bonds.